The second-order valence-corrected chi connectivity index (χ2v) is 7.45. The first-order valence-electron chi connectivity index (χ1n) is 6.85. The second-order valence-electron chi connectivity index (χ2n) is 4.90. The Balaban J connectivity index is 4.39. The number of carbonyl (C=O) groups excluding carboxylic acids is 3. The zero-order valence-corrected chi connectivity index (χ0v) is 15.1. The van der Waals surface area contributed by atoms with Gasteiger partial charge in [0.15, 0.2) is 0 Å². The lowest BCUT2D eigenvalue weighted by Crippen LogP contribution is -2.43. The second kappa shape index (κ2) is 11.2. The van der Waals surface area contributed by atoms with Gasteiger partial charge in [0.2, 0.25) is 11.8 Å². The molecule has 3 N–H and O–H groups in total. The molecule has 0 heterocycles. The molecule has 0 aliphatic heterocycles. The van der Waals surface area contributed by atoms with Crippen molar-refractivity contribution in [2.24, 2.45) is 0 Å². The highest BCUT2D eigenvalue weighted by molar-refractivity contribution is 8.76. The molecule has 0 aromatic rings. The predicted molar refractivity (Wildman–Crippen MR) is 89.0 cm³/mol. The third kappa shape index (κ3) is 10.9. The number of hydrogen-bond acceptors (Lipinski definition) is 7. The Labute approximate surface area is 142 Å². The predicted octanol–water partition coefficient (Wildman–Crippen LogP) is 0.413. The molecular weight excluding hydrogens is 344 g/mol. The van der Waals surface area contributed by atoms with Crippen molar-refractivity contribution in [3.8, 4) is 0 Å². The first kappa shape index (κ1) is 21.6. The van der Waals surface area contributed by atoms with Crippen LogP contribution in [0.25, 0.3) is 0 Å². The monoisotopic (exact) mass is 366 g/mol. The normalized spacial score (nSPS) is 13.1. The Morgan fingerprint density at radius 3 is 1.78 bits per heavy atom. The summed E-state index contributed by atoms with van der Waals surface area (Å²) >= 11 is 0. The maximum absolute atomic E-state index is 11.9. The number of nitrogens with one attached hydrogen (secondary N) is 2. The van der Waals surface area contributed by atoms with E-state index in [4.69, 9.17) is 9.84 Å². The van der Waals surface area contributed by atoms with Crippen molar-refractivity contribution in [3.63, 3.8) is 0 Å². The maximum atomic E-state index is 11.9. The highest BCUT2D eigenvalue weighted by Gasteiger charge is 2.23. The number of carbonyl (C=O) groups is 4. The molecule has 0 bridgehead atoms. The Bertz CT molecular complexity index is 444. The van der Waals surface area contributed by atoms with Gasteiger partial charge in [0.25, 0.3) is 0 Å². The Hall–Kier alpha value is -1.42. The molecule has 0 spiro atoms. The van der Waals surface area contributed by atoms with Gasteiger partial charge in [0.1, 0.15) is 12.1 Å². The minimum absolute atomic E-state index is 0.131. The van der Waals surface area contributed by atoms with Crippen molar-refractivity contribution < 1.29 is 29.0 Å². The van der Waals surface area contributed by atoms with E-state index in [9.17, 15) is 19.2 Å². The fourth-order valence-electron chi connectivity index (χ4n) is 1.38. The van der Waals surface area contributed by atoms with E-state index in [2.05, 4.69) is 10.6 Å². The van der Waals surface area contributed by atoms with Gasteiger partial charge >= 0.3 is 11.9 Å². The zero-order chi connectivity index (χ0) is 18.0. The van der Waals surface area contributed by atoms with Crippen LogP contribution in [0, 0.1) is 0 Å². The molecule has 0 aliphatic carbocycles. The van der Waals surface area contributed by atoms with Crippen LogP contribution in [0.3, 0.4) is 0 Å². The number of carboxylic acids is 1. The van der Waals surface area contributed by atoms with Crippen molar-refractivity contribution in [2.45, 2.75) is 45.9 Å². The van der Waals surface area contributed by atoms with Crippen LogP contribution in [0.2, 0.25) is 0 Å². The number of amides is 2. The third-order valence-electron chi connectivity index (χ3n) is 2.24. The number of carboxylic acid groups (broad SMARTS) is 1. The molecule has 0 radical (unpaired) electrons. The molecule has 0 rings (SSSR count). The molecule has 0 unspecified atom stereocenters. The molecule has 132 valence electrons. The van der Waals surface area contributed by atoms with Gasteiger partial charge in [-0.2, -0.15) is 0 Å². The van der Waals surface area contributed by atoms with Gasteiger partial charge in [-0.25, -0.2) is 9.59 Å². The highest BCUT2D eigenvalue weighted by Crippen LogP contribution is 2.23. The van der Waals surface area contributed by atoms with Crippen molar-refractivity contribution in [3.05, 3.63) is 0 Å². The summed E-state index contributed by atoms with van der Waals surface area (Å²) in [6.45, 7) is 5.94. The summed E-state index contributed by atoms with van der Waals surface area (Å²) in [7, 11) is 2.40. The van der Waals surface area contributed by atoms with Crippen LogP contribution < -0.4 is 10.6 Å². The van der Waals surface area contributed by atoms with E-state index >= 15 is 0 Å². The van der Waals surface area contributed by atoms with Gasteiger partial charge in [0.05, 0.1) is 6.10 Å². The van der Waals surface area contributed by atoms with Crippen molar-refractivity contribution in [2.75, 3.05) is 11.5 Å². The van der Waals surface area contributed by atoms with Crippen LogP contribution in [0.1, 0.15) is 27.7 Å². The van der Waals surface area contributed by atoms with E-state index < -0.39 is 29.9 Å². The molecule has 0 saturated carbocycles. The van der Waals surface area contributed by atoms with Gasteiger partial charge in [-0.15, -0.1) is 0 Å². The molecule has 2 atom stereocenters. The van der Waals surface area contributed by atoms with Crippen molar-refractivity contribution >= 4 is 45.3 Å². The van der Waals surface area contributed by atoms with Crippen LogP contribution >= 0.6 is 21.6 Å². The number of rotatable bonds is 10. The SMILES string of the molecule is CC(=O)N[C@@H](CSSC[C@H](NC(C)=O)C(=O)OC(C)C)C(=O)O. The average molecular weight is 366 g/mol. The molecule has 23 heavy (non-hydrogen) atoms. The third-order valence-corrected chi connectivity index (χ3v) is 4.66. The number of ether oxygens (including phenoxy) is 1. The molecule has 0 aromatic carbocycles. The van der Waals surface area contributed by atoms with Crippen LogP contribution in [0.15, 0.2) is 0 Å². The van der Waals surface area contributed by atoms with Gasteiger partial charge in [0, 0.05) is 25.4 Å². The van der Waals surface area contributed by atoms with Crippen molar-refractivity contribution in [1.29, 1.82) is 0 Å². The quantitative estimate of drug-likeness (QED) is 0.289. The Morgan fingerprint density at radius 1 is 0.957 bits per heavy atom. The van der Waals surface area contributed by atoms with Crippen LogP contribution in [-0.2, 0) is 23.9 Å². The van der Waals surface area contributed by atoms with E-state index in [-0.39, 0.29) is 23.5 Å². The van der Waals surface area contributed by atoms with E-state index in [1.54, 1.807) is 13.8 Å². The zero-order valence-electron chi connectivity index (χ0n) is 13.5. The van der Waals surface area contributed by atoms with Gasteiger partial charge < -0.3 is 20.5 Å². The van der Waals surface area contributed by atoms with Crippen molar-refractivity contribution in [1.82, 2.24) is 10.6 Å². The smallest absolute Gasteiger partial charge is 0.329 e. The summed E-state index contributed by atoms with van der Waals surface area (Å²) in [6, 6.07) is -1.82. The standard InChI is InChI=1S/C13H22N2O6S2/c1-7(2)21-13(20)11(15-9(4)17)6-23-22-5-10(12(18)19)14-8(3)16/h7,10-11H,5-6H2,1-4H3,(H,14,16)(H,15,17)(H,18,19)/t10-,11-/m0/s1. The van der Waals surface area contributed by atoms with Gasteiger partial charge in [-0.3, -0.25) is 9.59 Å². The number of hydrogen-bond donors (Lipinski definition) is 3. The number of esters is 1. The minimum Gasteiger partial charge on any atom is -0.480 e. The van der Waals surface area contributed by atoms with Crippen LogP contribution in [0.5, 0.6) is 0 Å². The van der Waals surface area contributed by atoms with Gasteiger partial charge in [-0.05, 0) is 13.8 Å². The summed E-state index contributed by atoms with van der Waals surface area (Å²) in [5.41, 5.74) is 0. The summed E-state index contributed by atoms with van der Waals surface area (Å²) in [4.78, 5) is 44.9. The summed E-state index contributed by atoms with van der Waals surface area (Å²) in [6.07, 6.45) is -0.299. The first-order chi connectivity index (χ1) is 10.6. The summed E-state index contributed by atoms with van der Waals surface area (Å²) in [5.74, 6) is -2.11. The van der Waals surface area contributed by atoms with E-state index in [1.807, 2.05) is 0 Å². The summed E-state index contributed by atoms with van der Waals surface area (Å²) < 4.78 is 5.05. The maximum Gasteiger partial charge on any atom is 0.329 e. The average Bonchev–Trinajstić information content (AvgIpc) is 2.38. The molecule has 2 amide bonds. The van der Waals surface area contributed by atoms with Gasteiger partial charge in [-0.1, -0.05) is 21.6 Å². The number of aliphatic carboxylic acids is 1. The fourth-order valence-corrected chi connectivity index (χ4v) is 3.68. The minimum atomic E-state index is -1.13. The first-order valence-corrected chi connectivity index (χ1v) is 9.34. The van der Waals surface area contributed by atoms with E-state index in [0.717, 1.165) is 0 Å². The lowest BCUT2D eigenvalue weighted by Gasteiger charge is -2.18. The molecule has 0 aromatic heterocycles. The molecule has 0 saturated heterocycles. The topological polar surface area (TPSA) is 122 Å². The Kier molecular flexibility index (Phi) is 10.5. The van der Waals surface area contributed by atoms with Crippen LogP contribution in [0.4, 0.5) is 0 Å². The molecule has 8 nitrogen and oxygen atoms in total. The highest BCUT2D eigenvalue weighted by atomic mass is 33.1. The molecule has 0 fully saturated rings. The fraction of sp³-hybridized carbons (Fsp3) is 0.692. The Morgan fingerprint density at radius 2 is 1.39 bits per heavy atom. The molecule has 0 aliphatic rings. The van der Waals surface area contributed by atoms with Crippen LogP contribution in [-0.4, -0.2) is 58.6 Å². The molecule has 10 heteroatoms. The molecular formula is C13H22N2O6S2. The van der Waals surface area contributed by atoms with E-state index in [0.29, 0.717) is 0 Å². The summed E-state index contributed by atoms with van der Waals surface area (Å²) in [5, 5.41) is 13.8. The largest absolute Gasteiger partial charge is 0.480 e. The lowest BCUT2D eigenvalue weighted by atomic mass is 10.3. The van der Waals surface area contributed by atoms with E-state index in [1.165, 1.54) is 35.4 Å². The lowest BCUT2D eigenvalue weighted by molar-refractivity contribution is -0.150.